The number of hydrogen-bond donors (Lipinski definition) is 2. The van der Waals surface area contributed by atoms with Crippen molar-refractivity contribution in [2.45, 2.75) is 13.5 Å². The molecule has 0 bridgehead atoms. The van der Waals surface area contributed by atoms with Gasteiger partial charge < -0.3 is 15.2 Å². The first-order valence-corrected chi connectivity index (χ1v) is 8.12. The van der Waals surface area contributed by atoms with Crippen LogP contribution in [-0.2, 0) is 6.54 Å². The van der Waals surface area contributed by atoms with Crippen LogP contribution < -0.4 is 10.6 Å². The summed E-state index contributed by atoms with van der Waals surface area (Å²) < 4.78 is 4.89. The third-order valence-electron chi connectivity index (χ3n) is 3.49. The molecule has 1 aromatic carbocycles. The molecule has 8 heteroatoms. The van der Waals surface area contributed by atoms with Crippen LogP contribution in [0.1, 0.15) is 32.2 Å². The fourth-order valence-electron chi connectivity index (χ4n) is 2.19. The second-order valence-corrected chi connectivity index (χ2v) is 5.95. The van der Waals surface area contributed by atoms with Crippen LogP contribution in [0.2, 0.25) is 5.02 Å². The number of anilines is 1. The van der Waals surface area contributed by atoms with Gasteiger partial charge in [-0.2, -0.15) is 0 Å². The number of rotatable bonds is 5. The van der Waals surface area contributed by atoms with Gasteiger partial charge in [-0.3, -0.25) is 14.6 Å². The van der Waals surface area contributed by atoms with E-state index in [1.807, 2.05) is 12.1 Å². The van der Waals surface area contributed by atoms with Crippen molar-refractivity contribution in [1.29, 1.82) is 0 Å². The Bertz CT molecular complexity index is 938. The summed E-state index contributed by atoms with van der Waals surface area (Å²) in [6, 6.07) is 11.7. The van der Waals surface area contributed by atoms with E-state index in [2.05, 4.69) is 20.8 Å². The van der Waals surface area contributed by atoms with Gasteiger partial charge in [0, 0.05) is 29.4 Å². The van der Waals surface area contributed by atoms with Crippen molar-refractivity contribution in [3.63, 3.8) is 0 Å². The molecule has 3 aromatic rings. The van der Waals surface area contributed by atoms with Gasteiger partial charge in [0.05, 0.1) is 0 Å². The standard InChI is InChI=1S/C18H15ClN4O3/c1-11-8-16(23-26-11)22-18(25)15-9-13(6-7-20-15)17(24)21-10-12-2-4-14(19)5-3-12/h2-9H,10H2,1H3,(H,21,24)(H,22,23,25). The molecule has 0 aliphatic carbocycles. The van der Waals surface area contributed by atoms with E-state index in [1.54, 1.807) is 25.1 Å². The van der Waals surface area contributed by atoms with Crippen LogP contribution in [-0.4, -0.2) is 22.0 Å². The molecule has 0 saturated carbocycles. The molecule has 2 amide bonds. The third-order valence-corrected chi connectivity index (χ3v) is 3.74. The van der Waals surface area contributed by atoms with E-state index >= 15 is 0 Å². The lowest BCUT2D eigenvalue weighted by atomic mass is 10.2. The number of nitrogens with one attached hydrogen (secondary N) is 2. The van der Waals surface area contributed by atoms with Gasteiger partial charge in [-0.25, -0.2) is 0 Å². The van der Waals surface area contributed by atoms with Crippen molar-refractivity contribution in [2.24, 2.45) is 0 Å². The first-order chi connectivity index (χ1) is 12.5. The van der Waals surface area contributed by atoms with Gasteiger partial charge in [0.2, 0.25) is 0 Å². The Labute approximate surface area is 154 Å². The summed E-state index contributed by atoms with van der Waals surface area (Å²) in [5, 5.41) is 9.66. The van der Waals surface area contributed by atoms with E-state index in [9.17, 15) is 9.59 Å². The van der Waals surface area contributed by atoms with Crippen LogP contribution >= 0.6 is 11.6 Å². The minimum atomic E-state index is -0.481. The number of carbonyl (C=O) groups excluding carboxylic acids is 2. The van der Waals surface area contributed by atoms with Crippen LogP contribution in [0.3, 0.4) is 0 Å². The second kappa shape index (κ2) is 7.79. The van der Waals surface area contributed by atoms with E-state index in [1.165, 1.54) is 18.3 Å². The van der Waals surface area contributed by atoms with Crippen molar-refractivity contribution < 1.29 is 14.1 Å². The van der Waals surface area contributed by atoms with Gasteiger partial charge >= 0.3 is 0 Å². The highest BCUT2D eigenvalue weighted by Crippen LogP contribution is 2.11. The van der Waals surface area contributed by atoms with Crippen molar-refractivity contribution in [3.8, 4) is 0 Å². The van der Waals surface area contributed by atoms with E-state index < -0.39 is 5.91 Å². The van der Waals surface area contributed by atoms with E-state index in [4.69, 9.17) is 16.1 Å². The maximum absolute atomic E-state index is 12.3. The molecule has 132 valence electrons. The van der Waals surface area contributed by atoms with E-state index in [0.717, 1.165) is 5.56 Å². The number of pyridine rings is 1. The van der Waals surface area contributed by atoms with Crippen LogP contribution in [0.4, 0.5) is 5.82 Å². The molecule has 0 aliphatic rings. The van der Waals surface area contributed by atoms with E-state index in [-0.39, 0.29) is 17.4 Å². The Hall–Kier alpha value is -3.19. The largest absolute Gasteiger partial charge is 0.360 e. The molecule has 3 rings (SSSR count). The molecule has 0 atom stereocenters. The summed E-state index contributed by atoms with van der Waals surface area (Å²) in [6.07, 6.45) is 1.40. The van der Waals surface area contributed by atoms with Crippen molar-refractivity contribution in [3.05, 3.63) is 76.3 Å². The molecule has 0 radical (unpaired) electrons. The maximum Gasteiger partial charge on any atom is 0.275 e. The minimum Gasteiger partial charge on any atom is -0.360 e. The zero-order valence-electron chi connectivity index (χ0n) is 13.8. The molecule has 0 aliphatic heterocycles. The number of benzene rings is 1. The molecule has 0 unspecified atom stereocenters. The molecule has 2 N–H and O–H groups in total. The van der Waals surface area contributed by atoms with Crippen LogP contribution in [0.25, 0.3) is 0 Å². The molecule has 26 heavy (non-hydrogen) atoms. The number of carbonyl (C=O) groups is 2. The lowest BCUT2D eigenvalue weighted by Gasteiger charge is -2.07. The Morgan fingerprint density at radius 1 is 1.12 bits per heavy atom. The van der Waals surface area contributed by atoms with Gasteiger partial charge in [0.1, 0.15) is 11.5 Å². The van der Waals surface area contributed by atoms with Gasteiger partial charge in [-0.15, -0.1) is 0 Å². The van der Waals surface area contributed by atoms with Gasteiger partial charge in [0.25, 0.3) is 11.8 Å². The zero-order valence-corrected chi connectivity index (χ0v) is 14.6. The second-order valence-electron chi connectivity index (χ2n) is 5.52. The third kappa shape index (κ3) is 4.46. The first-order valence-electron chi connectivity index (χ1n) is 7.74. The van der Waals surface area contributed by atoms with Crippen molar-refractivity contribution in [2.75, 3.05) is 5.32 Å². The lowest BCUT2D eigenvalue weighted by molar-refractivity contribution is 0.0951. The van der Waals surface area contributed by atoms with Gasteiger partial charge in [0.15, 0.2) is 5.82 Å². The summed E-state index contributed by atoms with van der Waals surface area (Å²) in [7, 11) is 0. The van der Waals surface area contributed by atoms with Crippen molar-refractivity contribution in [1.82, 2.24) is 15.5 Å². The predicted molar refractivity (Wildman–Crippen MR) is 96.1 cm³/mol. The monoisotopic (exact) mass is 370 g/mol. The van der Waals surface area contributed by atoms with Gasteiger partial charge in [-0.1, -0.05) is 28.9 Å². The Kier molecular flexibility index (Phi) is 5.28. The number of halogens is 1. The molecular formula is C18H15ClN4O3. The highest BCUT2D eigenvalue weighted by atomic mass is 35.5. The number of amides is 2. The van der Waals surface area contributed by atoms with Crippen LogP contribution in [0.5, 0.6) is 0 Å². The summed E-state index contributed by atoms with van der Waals surface area (Å²) in [4.78, 5) is 28.5. The normalized spacial score (nSPS) is 10.4. The topological polar surface area (TPSA) is 97.1 Å². The maximum atomic E-state index is 12.3. The van der Waals surface area contributed by atoms with E-state index in [0.29, 0.717) is 22.9 Å². The molecule has 0 fully saturated rings. The summed E-state index contributed by atoms with van der Waals surface area (Å²) in [5.41, 5.74) is 1.34. The molecule has 2 heterocycles. The molecule has 7 nitrogen and oxygen atoms in total. The Balaban J connectivity index is 1.64. The fraction of sp³-hybridized carbons (Fsp3) is 0.111. The molecule has 2 aromatic heterocycles. The summed E-state index contributed by atoms with van der Waals surface area (Å²) in [5.74, 6) is 0.0646. The van der Waals surface area contributed by atoms with Gasteiger partial charge in [-0.05, 0) is 36.8 Å². The molecule has 0 spiro atoms. The Morgan fingerprint density at radius 3 is 2.58 bits per heavy atom. The smallest absolute Gasteiger partial charge is 0.275 e. The highest BCUT2D eigenvalue weighted by Gasteiger charge is 2.13. The quantitative estimate of drug-likeness (QED) is 0.718. The average Bonchev–Trinajstić information content (AvgIpc) is 3.05. The number of aryl methyl sites for hydroxylation is 1. The molecule has 0 saturated heterocycles. The van der Waals surface area contributed by atoms with Crippen LogP contribution in [0, 0.1) is 6.92 Å². The summed E-state index contributed by atoms with van der Waals surface area (Å²) >= 11 is 5.83. The number of aromatic nitrogens is 2. The van der Waals surface area contributed by atoms with Crippen molar-refractivity contribution >= 4 is 29.2 Å². The molecular weight excluding hydrogens is 356 g/mol. The fourth-order valence-corrected chi connectivity index (χ4v) is 2.31. The zero-order chi connectivity index (χ0) is 18.5. The lowest BCUT2D eigenvalue weighted by Crippen LogP contribution is -2.23. The highest BCUT2D eigenvalue weighted by molar-refractivity contribution is 6.30. The predicted octanol–water partition coefficient (Wildman–Crippen LogP) is 3.21. The first kappa shape index (κ1) is 17.6. The van der Waals surface area contributed by atoms with Crippen LogP contribution in [0.15, 0.2) is 53.2 Å². The number of nitrogens with zero attached hydrogens (tertiary/aromatic N) is 2. The summed E-state index contributed by atoms with van der Waals surface area (Å²) in [6.45, 7) is 2.06. The average molecular weight is 371 g/mol. The minimum absolute atomic E-state index is 0.102. The number of hydrogen-bond acceptors (Lipinski definition) is 5. The Morgan fingerprint density at radius 2 is 1.88 bits per heavy atom. The SMILES string of the molecule is Cc1cc(NC(=O)c2cc(C(=O)NCc3ccc(Cl)cc3)ccn2)no1.